The van der Waals surface area contributed by atoms with Crippen molar-refractivity contribution in [3.05, 3.63) is 36.7 Å². The molecule has 3 amide bonds. The molecular weight excluding hydrogens is 356 g/mol. The van der Waals surface area contributed by atoms with Gasteiger partial charge in [0.15, 0.2) is 0 Å². The van der Waals surface area contributed by atoms with Crippen molar-refractivity contribution in [2.75, 3.05) is 5.32 Å². The lowest BCUT2D eigenvalue weighted by Gasteiger charge is -2.23. The summed E-state index contributed by atoms with van der Waals surface area (Å²) in [6, 6.07) is 4.69. The Morgan fingerprint density at radius 1 is 1.21 bits per heavy atom. The number of carbonyl (C=O) groups excluding carboxylic acids is 3. The zero-order valence-electron chi connectivity index (χ0n) is 15.8. The van der Waals surface area contributed by atoms with Crippen molar-refractivity contribution < 1.29 is 14.4 Å². The number of nitrogens with one attached hydrogen (secondary N) is 1. The molecule has 0 radical (unpaired) electrons. The van der Waals surface area contributed by atoms with Crippen molar-refractivity contribution in [2.45, 2.75) is 32.9 Å². The Kier molecular flexibility index (Phi) is 3.69. The number of nitrogens with zero attached hydrogens (tertiary/aromatic N) is 3. The Balaban J connectivity index is 1.34. The lowest BCUT2D eigenvalue weighted by atomic mass is 9.85. The number of benzene rings is 1. The number of aromatic nitrogens is 2. The highest BCUT2D eigenvalue weighted by Gasteiger charge is 2.60. The molecule has 1 aliphatic heterocycles. The Hall–Kier alpha value is -2.96. The van der Waals surface area contributed by atoms with E-state index in [1.54, 1.807) is 19.3 Å². The van der Waals surface area contributed by atoms with Gasteiger partial charge in [0.2, 0.25) is 17.7 Å². The highest BCUT2D eigenvalue weighted by atomic mass is 16.2. The smallest absolute Gasteiger partial charge is 0.247 e. The molecule has 2 heterocycles. The lowest BCUT2D eigenvalue weighted by Crippen LogP contribution is -2.46. The fourth-order valence-corrected chi connectivity index (χ4v) is 5.06. The third-order valence-electron chi connectivity index (χ3n) is 6.50. The highest BCUT2D eigenvalue weighted by molar-refractivity contribution is 6.10. The van der Waals surface area contributed by atoms with Crippen LogP contribution in [0.1, 0.15) is 20.3 Å². The Morgan fingerprint density at radius 3 is 2.54 bits per heavy atom. The first-order valence-corrected chi connectivity index (χ1v) is 9.80. The molecule has 2 aliphatic carbocycles. The Bertz CT molecular complexity index is 1010. The summed E-state index contributed by atoms with van der Waals surface area (Å²) in [6.07, 6.45) is 6.75. The van der Waals surface area contributed by atoms with Crippen LogP contribution in [-0.4, -0.2) is 38.2 Å². The van der Waals surface area contributed by atoms with Gasteiger partial charge in [-0.25, -0.2) is 4.98 Å². The van der Waals surface area contributed by atoms with E-state index in [0.717, 1.165) is 24.0 Å². The molecule has 3 aliphatic rings. The SMILES string of the molecule is CCn1cnc2cc(NC(=O)[C@H](C)N3C(=O)[C@H]4[C@H](C3=O)[C@H]3C=C[C@H]4C3)ccc21. The second-order valence-corrected chi connectivity index (χ2v) is 7.95. The lowest BCUT2D eigenvalue weighted by molar-refractivity contribution is -0.146. The number of amides is 3. The van der Waals surface area contributed by atoms with Gasteiger partial charge in [0.05, 0.1) is 29.2 Å². The van der Waals surface area contributed by atoms with E-state index in [1.807, 2.05) is 23.6 Å². The van der Waals surface area contributed by atoms with Gasteiger partial charge in [0, 0.05) is 12.2 Å². The molecule has 1 aromatic carbocycles. The maximum atomic E-state index is 12.9. The third kappa shape index (κ3) is 2.28. The van der Waals surface area contributed by atoms with Gasteiger partial charge in [-0.05, 0) is 50.3 Å². The van der Waals surface area contributed by atoms with Crippen LogP contribution in [-0.2, 0) is 20.9 Å². The van der Waals surface area contributed by atoms with E-state index in [4.69, 9.17) is 0 Å². The van der Waals surface area contributed by atoms with Gasteiger partial charge in [0.25, 0.3) is 0 Å². The van der Waals surface area contributed by atoms with E-state index in [9.17, 15) is 14.4 Å². The topological polar surface area (TPSA) is 84.3 Å². The first-order valence-electron chi connectivity index (χ1n) is 9.80. The first kappa shape index (κ1) is 17.2. The molecule has 7 nitrogen and oxygen atoms in total. The predicted octanol–water partition coefficient (Wildman–Crippen LogP) is 2.19. The van der Waals surface area contributed by atoms with Crippen molar-refractivity contribution in [1.29, 1.82) is 0 Å². The summed E-state index contributed by atoms with van der Waals surface area (Å²) in [7, 11) is 0. The zero-order chi connectivity index (χ0) is 19.6. The number of carbonyl (C=O) groups is 3. The number of anilines is 1. The fourth-order valence-electron chi connectivity index (χ4n) is 5.06. The van der Waals surface area contributed by atoms with Crippen molar-refractivity contribution in [3.8, 4) is 0 Å². The van der Waals surface area contributed by atoms with Gasteiger partial charge < -0.3 is 9.88 Å². The van der Waals surface area contributed by atoms with Gasteiger partial charge in [-0.15, -0.1) is 0 Å². The Labute approximate surface area is 162 Å². The highest BCUT2D eigenvalue weighted by Crippen LogP contribution is 2.52. The molecule has 144 valence electrons. The molecule has 1 N–H and O–H groups in total. The zero-order valence-corrected chi connectivity index (χ0v) is 15.8. The van der Waals surface area contributed by atoms with E-state index < -0.39 is 6.04 Å². The molecule has 7 heteroatoms. The number of imide groups is 1. The minimum atomic E-state index is -0.839. The normalized spacial score (nSPS) is 29.0. The van der Waals surface area contributed by atoms with E-state index in [1.165, 1.54) is 4.90 Å². The minimum Gasteiger partial charge on any atom is -0.331 e. The van der Waals surface area contributed by atoms with E-state index in [2.05, 4.69) is 22.5 Å². The van der Waals surface area contributed by atoms with E-state index in [0.29, 0.717) is 5.69 Å². The van der Waals surface area contributed by atoms with Gasteiger partial charge >= 0.3 is 0 Å². The summed E-state index contributed by atoms with van der Waals surface area (Å²) in [5.41, 5.74) is 2.39. The second kappa shape index (κ2) is 6.02. The molecule has 5 atom stereocenters. The van der Waals surface area contributed by atoms with Crippen LogP contribution < -0.4 is 5.32 Å². The standard InChI is InChI=1S/C21H22N4O3/c1-3-24-10-22-15-9-14(6-7-16(15)24)23-19(26)11(2)25-20(27)17-12-4-5-13(8-12)18(17)21(25)28/h4-7,9-13,17-18H,3,8H2,1-2H3,(H,23,26)/t11-,12-,13-,17+,18+/m0/s1. The summed E-state index contributed by atoms with van der Waals surface area (Å²) < 4.78 is 2.02. The summed E-state index contributed by atoms with van der Waals surface area (Å²) in [5, 5.41) is 2.83. The molecule has 2 bridgehead atoms. The van der Waals surface area contributed by atoms with Crippen LogP contribution in [0, 0.1) is 23.7 Å². The van der Waals surface area contributed by atoms with Gasteiger partial charge in [-0.3, -0.25) is 19.3 Å². The summed E-state index contributed by atoms with van der Waals surface area (Å²) in [6.45, 7) is 4.48. The van der Waals surface area contributed by atoms with Crippen molar-refractivity contribution in [2.24, 2.45) is 23.7 Å². The second-order valence-electron chi connectivity index (χ2n) is 7.95. The summed E-state index contributed by atoms with van der Waals surface area (Å²) in [5.74, 6) is -1.06. The number of fused-ring (bicyclic) bond motifs is 6. The van der Waals surface area contributed by atoms with E-state index in [-0.39, 0.29) is 41.4 Å². The average Bonchev–Trinajstić information content (AvgIpc) is 3.44. The number of likely N-dealkylation sites (tertiary alicyclic amines) is 1. The van der Waals surface area contributed by atoms with Crippen molar-refractivity contribution in [1.82, 2.24) is 14.5 Å². The molecule has 2 aromatic rings. The van der Waals surface area contributed by atoms with Crippen molar-refractivity contribution in [3.63, 3.8) is 0 Å². The molecular formula is C21H22N4O3. The van der Waals surface area contributed by atoms with Crippen LogP contribution in [0.5, 0.6) is 0 Å². The largest absolute Gasteiger partial charge is 0.331 e. The fraction of sp³-hybridized carbons (Fsp3) is 0.429. The van der Waals surface area contributed by atoms with Crippen LogP contribution in [0.3, 0.4) is 0 Å². The molecule has 5 rings (SSSR count). The monoisotopic (exact) mass is 378 g/mol. The summed E-state index contributed by atoms with van der Waals surface area (Å²) in [4.78, 5) is 44.1. The number of aryl methyl sites for hydroxylation is 1. The summed E-state index contributed by atoms with van der Waals surface area (Å²) >= 11 is 0. The molecule has 1 saturated heterocycles. The number of imidazole rings is 1. The molecule has 2 fully saturated rings. The van der Waals surface area contributed by atoms with E-state index >= 15 is 0 Å². The predicted molar refractivity (Wildman–Crippen MR) is 103 cm³/mol. The molecule has 1 saturated carbocycles. The maximum Gasteiger partial charge on any atom is 0.247 e. The number of hydrogen-bond acceptors (Lipinski definition) is 4. The maximum absolute atomic E-state index is 12.9. The molecule has 28 heavy (non-hydrogen) atoms. The van der Waals surface area contributed by atoms with Gasteiger partial charge in [-0.1, -0.05) is 12.2 Å². The third-order valence-corrected chi connectivity index (χ3v) is 6.50. The molecule has 0 spiro atoms. The van der Waals surface area contributed by atoms with Crippen LogP contribution in [0.25, 0.3) is 11.0 Å². The van der Waals surface area contributed by atoms with Gasteiger partial charge in [0.1, 0.15) is 6.04 Å². The van der Waals surface area contributed by atoms with Gasteiger partial charge in [-0.2, -0.15) is 0 Å². The first-order chi connectivity index (χ1) is 13.5. The average molecular weight is 378 g/mol. The minimum absolute atomic E-state index is 0.141. The van der Waals surface area contributed by atoms with Crippen LogP contribution >= 0.6 is 0 Å². The van der Waals surface area contributed by atoms with Crippen LogP contribution in [0.4, 0.5) is 5.69 Å². The van der Waals surface area contributed by atoms with Crippen LogP contribution in [0.2, 0.25) is 0 Å². The van der Waals surface area contributed by atoms with Crippen molar-refractivity contribution >= 4 is 34.4 Å². The molecule has 0 unspecified atom stereocenters. The number of allylic oxidation sites excluding steroid dienone is 2. The number of rotatable bonds is 4. The Morgan fingerprint density at radius 2 is 1.89 bits per heavy atom. The number of hydrogen-bond donors (Lipinski definition) is 1. The van der Waals surface area contributed by atoms with Crippen LogP contribution in [0.15, 0.2) is 36.7 Å². The quantitative estimate of drug-likeness (QED) is 0.653. The molecule has 1 aromatic heterocycles.